The van der Waals surface area contributed by atoms with E-state index in [1.165, 1.54) is 12.1 Å². The molecule has 1 heterocycles. The number of halogens is 2. The van der Waals surface area contributed by atoms with E-state index in [9.17, 15) is 8.78 Å². The van der Waals surface area contributed by atoms with Gasteiger partial charge in [0.2, 0.25) is 0 Å². The number of hydrogen-bond donors (Lipinski definition) is 1. The summed E-state index contributed by atoms with van der Waals surface area (Å²) in [6.45, 7) is 5.92. The van der Waals surface area contributed by atoms with Crippen molar-refractivity contribution in [1.29, 1.82) is 0 Å². The summed E-state index contributed by atoms with van der Waals surface area (Å²) in [6.07, 6.45) is 1.06. The van der Waals surface area contributed by atoms with Crippen LogP contribution in [0.2, 0.25) is 0 Å². The Hall–Kier alpha value is -1.00. The predicted molar refractivity (Wildman–Crippen MR) is 72.9 cm³/mol. The number of piperidine rings is 1. The third-order valence-electron chi connectivity index (χ3n) is 4.18. The van der Waals surface area contributed by atoms with Gasteiger partial charge in [0, 0.05) is 36.8 Å². The third kappa shape index (κ3) is 3.51. The summed E-state index contributed by atoms with van der Waals surface area (Å²) in [5, 5.41) is 3.41. The van der Waals surface area contributed by atoms with Crippen molar-refractivity contribution in [1.82, 2.24) is 10.2 Å². The molecule has 3 atom stereocenters. The summed E-state index contributed by atoms with van der Waals surface area (Å²) in [5.41, 5.74) is 0.528. The largest absolute Gasteiger partial charge is 0.309 e. The minimum Gasteiger partial charge on any atom is -0.309 e. The lowest BCUT2D eigenvalue weighted by Gasteiger charge is -2.40. The van der Waals surface area contributed by atoms with Crippen LogP contribution in [0.25, 0.3) is 0 Å². The van der Waals surface area contributed by atoms with Gasteiger partial charge >= 0.3 is 0 Å². The minimum absolute atomic E-state index is 0.385. The summed E-state index contributed by atoms with van der Waals surface area (Å²) in [6, 6.07) is 4.68. The molecule has 2 rings (SSSR count). The zero-order valence-electron chi connectivity index (χ0n) is 11.8. The quantitative estimate of drug-likeness (QED) is 0.907. The maximum atomic E-state index is 13.6. The molecule has 0 aliphatic carbocycles. The first-order valence-electron chi connectivity index (χ1n) is 6.85. The molecule has 1 fully saturated rings. The van der Waals surface area contributed by atoms with Crippen LogP contribution < -0.4 is 5.32 Å². The van der Waals surface area contributed by atoms with Crippen LogP contribution in [0.4, 0.5) is 8.78 Å². The third-order valence-corrected chi connectivity index (χ3v) is 4.18. The Morgan fingerprint density at radius 2 is 2.05 bits per heavy atom. The molecule has 1 N–H and O–H groups in total. The molecule has 19 heavy (non-hydrogen) atoms. The van der Waals surface area contributed by atoms with Crippen LogP contribution in [-0.4, -0.2) is 30.6 Å². The van der Waals surface area contributed by atoms with Gasteiger partial charge in [-0.25, -0.2) is 8.78 Å². The molecule has 0 aromatic heterocycles. The van der Waals surface area contributed by atoms with E-state index in [1.807, 2.05) is 0 Å². The van der Waals surface area contributed by atoms with Gasteiger partial charge in [-0.3, -0.25) is 0 Å². The maximum Gasteiger partial charge on any atom is 0.130 e. The van der Waals surface area contributed by atoms with E-state index in [-0.39, 0.29) is 0 Å². The van der Waals surface area contributed by atoms with Crippen molar-refractivity contribution < 1.29 is 8.78 Å². The van der Waals surface area contributed by atoms with Gasteiger partial charge in [0.05, 0.1) is 0 Å². The Bertz CT molecular complexity index is 436. The molecule has 1 saturated heterocycles. The summed E-state index contributed by atoms with van der Waals surface area (Å²) < 4.78 is 26.4. The molecule has 0 bridgehead atoms. The number of rotatable bonds is 3. The Morgan fingerprint density at radius 3 is 2.74 bits per heavy atom. The first-order valence-corrected chi connectivity index (χ1v) is 6.85. The molecule has 0 amide bonds. The number of hydrogen-bond acceptors (Lipinski definition) is 2. The lowest BCUT2D eigenvalue weighted by atomic mass is 9.89. The first-order chi connectivity index (χ1) is 8.97. The molecule has 106 valence electrons. The normalized spacial score (nSPS) is 28.6. The second kappa shape index (κ2) is 5.97. The Balaban J connectivity index is 1.94. The van der Waals surface area contributed by atoms with Crippen molar-refractivity contribution in [3.8, 4) is 0 Å². The first kappa shape index (κ1) is 14.4. The lowest BCUT2D eigenvalue weighted by molar-refractivity contribution is 0.121. The van der Waals surface area contributed by atoms with Gasteiger partial charge in [0.25, 0.3) is 0 Å². The van der Waals surface area contributed by atoms with Gasteiger partial charge in [0.15, 0.2) is 0 Å². The Morgan fingerprint density at radius 1 is 1.32 bits per heavy atom. The van der Waals surface area contributed by atoms with E-state index in [2.05, 4.69) is 31.1 Å². The van der Waals surface area contributed by atoms with Crippen LogP contribution in [0.15, 0.2) is 18.2 Å². The second-order valence-corrected chi connectivity index (χ2v) is 5.72. The fourth-order valence-corrected chi connectivity index (χ4v) is 2.73. The van der Waals surface area contributed by atoms with Crippen LogP contribution in [0.5, 0.6) is 0 Å². The zero-order chi connectivity index (χ0) is 14.0. The summed E-state index contributed by atoms with van der Waals surface area (Å²) in [7, 11) is 2.14. The average Bonchev–Trinajstić information content (AvgIpc) is 2.34. The average molecular weight is 268 g/mol. The monoisotopic (exact) mass is 268 g/mol. The highest BCUT2D eigenvalue weighted by Crippen LogP contribution is 2.21. The SMILES string of the molecule is CC1CN(C)C(C)CC1NCc1ccc(F)cc1F. The summed E-state index contributed by atoms with van der Waals surface area (Å²) in [5.74, 6) is -0.464. The van der Waals surface area contributed by atoms with Crippen LogP contribution in [0.3, 0.4) is 0 Å². The fraction of sp³-hybridized carbons (Fsp3) is 0.600. The summed E-state index contributed by atoms with van der Waals surface area (Å²) in [4.78, 5) is 2.35. The number of likely N-dealkylation sites (tertiary alicyclic amines) is 1. The van der Waals surface area contributed by atoms with Gasteiger partial charge in [-0.2, -0.15) is 0 Å². The van der Waals surface area contributed by atoms with Crippen molar-refractivity contribution in [3.05, 3.63) is 35.4 Å². The molecule has 1 aliphatic heterocycles. The van der Waals surface area contributed by atoms with Crippen molar-refractivity contribution in [2.24, 2.45) is 5.92 Å². The van der Waals surface area contributed by atoms with E-state index >= 15 is 0 Å². The molecular weight excluding hydrogens is 246 g/mol. The molecule has 0 radical (unpaired) electrons. The number of nitrogens with one attached hydrogen (secondary N) is 1. The van der Waals surface area contributed by atoms with E-state index in [4.69, 9.17) is 0 Å². The molecule has 0 saturated carbocycles. The lowest BCUT2D eigenvalue weighted by Crippen LogP contribution is -2.50. The van der Waals surface area contributed by atoms with E-state index in [0.717, 1.165) is 19.0 Å². The van der Waals surface area contributed by atoms with Crippen molar-refractivity contribution in [2.45, 2.75) is 38.9 Å². The van der Waals surface area contributed by atoms with E-state index < -0.39 is 11.6 Å². The van der Waals surface area contributed by atoms with Gasteiger partial charge in [-0.05, 0) is 32.4 Å². The molecule has 3 unspecified atom stereocenters. The van der Waals surface area contributed by atoms with Crippen molar-refractivity contribution in [3.63, 3.8) is 0 Å². The molecule has 2 nitrogen and oxygen atoms in total. The van der Waals surface area contributed by atoms with Crippen LogP contribution in [0, 0.1) is 17.6 Å². The number of nitrogens with zero attached hydrogens (tertiary/aromatic N) is 1. The molecule has 4 heteroatoms. The van der Waals surface area contributed by atoms with Crippen molar-refractivity contribution in [2.75, 3.05) is 13.6 Å². The van der Waals surface area contributed by atoms with Gasteiger partial charge in [-0.15, -0.1) is 0 Å². The standard InChI is InChI=1S/C15H22F2N2/c1-10-9-19(3)11(2)6-15(10)18-8-12-4-5-13(16)7-14(12)17/h4-5,7,10-11,15,18H,6,8-9H2,1-3H3. The Kier molecular flexibility index (Phi) is 4.53. The Labute approximate surface area is 113 Å². The molecule has 1 aromatic carbocycles. The molecule has 1 aliphatic rings. The van der Waals surface area contributed by atoms with Crippen LogP contribution >= 0.6 is 0 Å². The van der Waals surface area contributed by atoms with Gasteiger partial charge in [0.1, 0.15) is 11.6 Å². The minimum atomic E-state index is -0.525. The zero-order valence-corrected chi connectivity index (χ0v) is 11.8. The van der Waals surface area contributed by atoms with Crippen LogP contribution in [-0.2, 0) is 6.54 Å². The topological polar surface area (TPSA) is 15.3 Å². The van der Waals surface area contributed by atoms with E-state index in [1.54, 1.807) is 0 Å². The van der Waals surface area contributed by atoms with Gasteiger partial charge < -0.3 is 10.2 Å². The highest BCUT2D eigenvalue weighted by Gasteiger charge is 2.28. The maximum absolute atomic E-state index is 13.6. The fourth-order valence-electron chi connectivity index (χ4n) is 2.73. The van der Waals surface area contributed by atoms with Crippen LogP contribution in [0.1, 0.15) is 25.8 Å². The summed E-state index contributed by atoms with van der Waals surface area (Å²) >= 11 is 0. The molecule has 1 aromatic rings. The second-order valence-electron chi connectivity index (χ2n) is 5.72. The molecule has 0 spiro atoms. The highest BCUT2D eigenvalue weighted by atomic mass is 19.1. The number of benzene rings is 1. The highest BCUT2D eigenvalue weighted by molar-refractivity contribution is 5.18. The predicted octanol–water partition coefficient (Wildman–Crippen LogP) is 2.78. The van der Waals surface area contributed by atoms with E-state index in [0.29, 0.717) is 30.1 Å². The smallest absolute Gasteiger partial charge is 0.130 e. The molecular formula is C15H22F2N2. The van der Waals surface area contributed by atoms with Gasteiger partial charge in [-0.1, -0.05) is 13.0 Å². The van der Waals surface area contributed by atoms with Crippen molar-refractivity contribution >= 4 is 0 Å².